The fourth-order valence-electron chi connectivity index (χ4n) is 1.20. The van der Waals surface area contributed by atoms with Gasteiger partial charge in [-0.3, -0.25) is 0 Å². The van der Waals surface area contributed by atoms with E-state index in [9.17, 15) is 0 Å². The van der Waals surface area contributed by atoms with Gasteiger partial charge in [0.2, 0.25) is 6.79 Å². The molecule has 0 aliphatic carbocycles. The van der Waals surface area contributed by atoms with Crippen molar-refractivity contribution in [1.82, 2.24) is 0 Å². The van der Waals surface area contributed by atoms with Gasteiger partial charge in [-0.25, -0.2) is 0 Å². The maximum atomic E-state index is 5.39. The second-order valence-electron chi connectivity index (χ2n) is 3.03. The van der Waals surface area contributed by atoms with Crippen LogP contribution in [0.5, 0.6) is 11.5 Å². The van der Waals surface area contributed by atoms with Gasteiger partial charge in [-0.1, -0.05) is 36.4 Å². The van der Waals surface area contributed by atoms with E-state index in [1.54, 1.807) is 0 Å². The Morgan fingerprint density at radius 2 is 1.00 bits per heavy atom. The van der Waals surface area contributed by atoms with E-state index in [0.29, 0.717) is 0 Å². The van der Waals surface area contributed by atoms with Crippen molar-refractivity contribution in [2.24, 2.45) is 0 Å². The first kappa shape index (κ1) is 12.6. The minimum Gasteiger partial charge on any atom is -0.458 e. The molecular weight excluding hydrogens is 215 g/mol. The lowest BCUT2D eigenvalue weighted by molar-refractivity contribution is 0.120. The molecule has 0 spiro atoms. The average Bonchev–Trinajstić information content (AvgIpc) is 2.32. The predicted octanol–water partition coefficient (Wildman–Crippen LogP) is 1.92. The molecule has 0 aliphatic rings. The molecular formula is C13H15AlO2. The Kier molecular flexibility index (Phi) is 5.49. The molecule has 0 heterocycles. The summed E-state index contributed by atoms with van der Waals surface area (Å²) in [5.74, 6) is 1.63. The van der Waals surface area contributed by atoms with Crippen LogP contribution >= 0.6 is 0 Å². The first-order valence-corrected chi connectivity index (χ1v) is 4.81. The number of hydrogen-bond donors (Lipinski definition) is 0. The van der Waals surface area contributed by atoms with E-state index in [-0.39, 0.29) is 24.2 Å². The van der Waals surface area contributed by atoms with Crippen molar-refractivity contribution >= 4 is 17.4 Å². The number of rotatable bonds is 4. The number of hydrogen-bond acceptors (Lipinski definition) is 2. The number of ether oxygens (including phenoxy) is 2. The summed E-state index contributed by atoms with van der Waals surface area (Å²) < 4.78 is 10.8. The molecule has 3 heteroatoms. The molecule has 2 aromatic carbocycles. The van der Waals surface area contributed by atoms with Crippen LogP contribution in [-0.4, -0.2) is 24.2 Å². The fourth-order valence-corrected chi connectivity index (χ4v) is 1.20. The van der Waals surface area contributed by atoms with Gasteiger partial charge in [-0.2, -0.15) is 0 Å². The van der Waals surface area contributed by atoms with Crippen LogP contribution in [0.1, 0.15) is 0 Å². The molecule has 0 saturated heterocycles. The quantitative estimate of drug-likeness (QED) is 0.590. The minimum atomic E-state index is 0. The Morgan fingerprint density at radius 3 is 1.38 bits per heavy atom. The Morgan fingerprint density at radius 1 is 0.625 bits per heavy atom. The fraction of sp³-hybridized carbons (Fsp3) is 0.0769. The van der Waals surface area contributed by atoms with Gasteiger partial charge < -0.3 is 9.47 Å². The molecule has 2 nitrogen and oxygen atoms in total. The summed E-state index contributed by atoms with van der Waals surface area (Å²) in [5, 5.41) is 0. The molecule has 0 amide bonds. The normalized spacial score (nSPS) is 9.00. The zero-order valence-corrected chi connectivity index (χ0v) is 8.30. The van der Waals surface area contributed by atoms with Crippen LogP contribution in [0, 0.1) is 0 Å². The second kappa shape index (κ2) is 6.95. The number of para-hydroxylation sites is 2. The van der Waals surface area contributed by atoms with Crippen molar-refractivity contribution in [2.45, 2.75) is 0 Å². The van der Waals surface area contributed by atoms with Crippen LogP contribution < -0.4 is 9.47 Å². The maximum absolute atomic E-state index is 5.39. The standard InChI is InChI=1S/C13H12O2.Al.3H/c1-3-7-12(8-4-1)14-11-15-13-9-5-2-6-10-13;;;;/h1-10H,11H2;;;;. The lowest BCUT2D eigenvalue weighted by atomic mass is 10.3. The van der Waals surface area contributed by atoms with Crippen molar-refractivity contribution in [2.75, 3.05) is 6.79 Å². The zero-order chi connectivity index (χ0) is 10.3. The van der Waals surface area contributed by atoms with E-state index < -0.39 is 0 Å². The van der Waals surface area contributed by atoms with Crippen molar-refractivity contribution in [3.63, 3.8) is 0 Å². The smallest absolute Gasteiger partial charge is 0.230 e. The predicted molar refractivity (Wildman–Crippen MR) is 68.9 cm³/mol. The highest BCUT2D eigenvalue weighted by Crippen LogP contribution is 2.11. The molecule has 2 rings (SSSR count). The molecule has 0 fully saturated rings. The maximum Gasteiger partial charge on any atom is 0.230 e. The molecule has 2 aromatic rings. The van der Waals surface area contributed by atoms with Gasteiger partial charge in [0.1, 0.15) is 11.5 Å². The van der Waals surface area contributed by atoms with Crippen LogP contribution in [0.15, 0.2) is 60.7 Å². The zero-order valence-electron chi connectivity index (χ0n) is 8.30. The van der Waals surface area contributed by atoms with Gasteiger partial charge in [-0.15, -0.1) is 0 Å². The molecule has 0 aliphatic heterocycles. The van der Waals surface area contributed by atoms with E-state index in [1.165, 1.54) is 0 Å². The minimum absolute atomic E-state index is 0. The van der Waals surface area contributed by atoms with Gasteiger partial charge in [0.15, 0.2) is 17.4 Å². The van der Waals surface area contributed by atoms with Gasteiger partial charge >= 0.3 is 0 Å². The second-order valence-corrected chi connectivity index (χ2v) is 3.03. The van der Waals surface area contributed by atoms with Gasteiger partial charge in [0.05, 0.1) is 0 Å². The highest BCUT2D eigenvalue weighted by molar-refractivity contribution is 5.75. The largest absolute Gasteiger partial charge is 0.458 e. The van der Waals surface area contributed by atoms with Crippen molar-refractivity contribution in [1.29, 1.82) is 0 Å². The Labute approximate surface area is 106 Å². The molecule has 0 bridgehead atoms. The van der Waals surface area contributed by atoms with Crippen LogP contribution in [-0.2, 0) is 0 Å². The monoisotopic (exact) mass is 230 g/mol. The lowest BCUT2D eigenvalue weighted by Gasteiger charge is -2.07. The third-order valence-corrected chi connectivity index (χ3v) is 1.94. The SMILES string of the molecule is [AlH3].c1ccc(OCOc2ccccc2)cc1. The van der Waals surface area contributed by atoms with E-state index in [2.05, 4.69) is 0 Å². The van der Waals surface area contributed by atoms with E-state index in [1.807, 2.05) is 60.7 Å². The highest BCUT2D eigenvalue weighted by Gasteiger charge is 1.92. The van der Waals surface area contributed by atoms with Gasteiger partial charge in [-0.05, 0) is 24.3 Å². The van der Waals surface area contributed by atoms with Crippen LogP contribution in [0.25, 0.3) is 0 Å². The third kappa shape index (κ3) is 3.98. The molecule has 0 saturated carbocycles. The highest BCUT2D eigenvalue weighted by atomic mass is 27.0. The molecule has 0 aromatic heterocycles. The summed E-state index contributed by atoms with van der Waals surface area (Å²) >= 11 is 0. The van der Waals surface area contributed by atoms with Crippen LogP contribution in [0.2, 0.25) is 0 Å². The molecule has 0 atom stereocenters. The average molecular weight is 230 g/mol. The van der Waals surface area contributed by atoms with E-state index >= 15 is 0 Å². The van der Waals surface area contributed by atoms with Crippen LogP contribution in [0.3, 0.4) is 0 Å². The lowest BCUT2D eigenvalue weighted by Crippen LogP contribution is -2.05. The topological polar surface area (TPSA) is 18.5 Å². The van der Waals surface area contributed by atoms with E-state index in [4.69, 9.17) is 9.47 Å². The summed E-state index contributed by atoms with van der Waals surface area (Å²) in [6.07, 6.45) is 0. The van der Waals surface area contributed by atoms with E-state index in [0.717, 1.165) is 11.5 Å². The van der Waals surface area contributed by atoms with Crippen molar-refractivity contribution in [3.05, 3.63) is 60.7 Å². The molecule has 0 radical (unpaired) electrons. The summed E-state index contributed by atoms with van der Waals surface area (Å²) in [4.78, 5) is 0. The molecule has 16 heavy (non-hydrogen) atoms. The third-order valence-electron chi connectivity index (χ3n) is 1.94. The first-order valence-electron chi connectivity index (χ1n) is 4.81. The first-order chi connectivity index (χ1) is 7.45. The van der Waals surface area contributed by atoms with Crippen molar-refractivity contribution < 1.29 is 9.47 Å². The van der Waals surface area contributed by atoms with Crippen molar-refractivity contribution in [3.8, 4) is 11.5 Å². The summed E-state index contributed by atoms with van der Waals surface area (Å²) in [6, 6.07) is 19.2. The van der Waals surface area contributed by atoms with Crippen LogP contribution in [0.4, 0.5) is 0 Å². The summed E-state index contributed by atoms with van der Waals surface area (Å²) in [6.45, 7) is 0.230. The number of benzene rings is 2. The molecule has 0 N–H and O–H groups in total. The molecule has 82 valence electrons. The summed E-state index contributed by atoms with van der Waals surface area (Å²) in [5.41, 5.74) is 0. The summed E-state index contributed by atoms with van der Waals surface area (Å²) in [7, 11) is 0. The Bertz CT molecular complexity index is 350. The van der Waals surface area contributed by atoms with Gasteiger partial charge in [0.25, 0.3) is 0 Å². The Balaban J connectivity index is 0.00000128. The molecule has 0 unspecified atom stereocenters. The van der Waals surface area contributed by atoms with Gasteiger partial charge in [0, 0.05) is 0 Å². The Hall–Kier alpha value is -1.43.